The SMILES string of the molecule is COc1ccc(NCC(=O)N/N=C(\C)c2ccc(N)cc2)cc1. The zero-order chi connectivity index (χ0) is 16.7. The highest BCUT2D eigenvalue weighted by Crippen LogP contribution is 2.14. The summed E-state index contributed by atoms with van der Waals surface area (Å²) in [6.07, 6.45) is 0. The van der Waals surface area contributed by atoms with Crippen LogP contribution < -0.4 is 21.2 Å². The van der Waals surface area contributed by atoms with Gasteiger partial charge in [-0.25, -0.2) is 5.43 Å². The van der Waals surface area contributed by atoms with E-state index in [1.54, 1.807) is 19.2 Å². The predicted octanol–water partition coefficient (Wildman–Crippen LogP) is 2.23. The molecule has 0 spiro atoms. The number of benzene rings is 2. The minimum absolute atomic E-state index is 0.130. The Labute approximate surface area is 135 Å². The minimum Gasteiger partial charge on any atom is -0.497 e. The third kappa shape index (κ3) is 5.03. The summed E-state index contributed by atoms with van der Waals surface area (Å²) >= 11 is 0. The van der Waals surface area contributed by atoms with Crippen molar-refractivity contribution < 1.29 is 9.53 Å². The van der Waals surface area contributed by atoms with E-state index in [0.717, 1.165) is 17.0 Å². The van der Waals surface area contributed by atoms with Crippen LogP contribution in [0, 0.1) is 0 Å². The molecule has 2 aromatic carbocycles. The third-order valence-electron chi connectivity index (χ3n) is 3.22. The van der Waals surface area contributed by atoms with Crippen molar-refractivity contribution >= 4 is 23.0 Å². The van der Waals surface area contributed by atoms with Crippen LogP contribution in [0.25, 0.3) is 0 Å². The van der Waals surface area contributed by atoms with Gasteiger partial charge in [-0.3, -0.25) is 4.79 Å². The molecule has 0 fully saturated rings. The molecule has 6 heteroatoms. The lowest BCUT2D eigenvalue weighted by Crippen LogP contribution is -2.26. The number of hydrogen-bond acceptors (Lipinski definition) is 5. The summed E-state index contributed by atoms with van der Waals surface area (Å²) in [4.78, 5) is 11.8. The molecule has 0 radical (unpaired) electrons. The van der Waals surface area contributed by atoms with Crippen LogP contribution in [0.15, 0.2) is 53.6 Å². The van der Waals surface area contributed by atoms with E-state index in [1.165, 1.54) is 0 Å². The lowest BCUT2D eigenvalue weighted by atomic mass is 10.1. The summed E-state index contributed by atoms with van der Waals surface area (Å²) in [5.41, 5.74) is 11.3. The lowest BCUT2D eigenvalue weighted by Gasteiger charge is -2.07. The van der Waals surface area contributed by atoms with E-state index in [0.29, 0.717) is 11.4 Å². The topological polar surface area (TPSA) is 88.7 Å². The van der Waals surface area contributed by atoms with Gasteiger partial charge in [0.05, 0.1) is 19.4 Å². The lowest BCUT2D eigenvalue weighted by molar-refractivity contribution is -0.119. The van der Waals surface area contributed by atoms with Crippen molar-refractivity contribution in [3.05, 3.63) is 54.1 Å². The Balaban J connectivity index is 1.84. The quantitative estimate of drug-likeness (QED) is 0.433. The average Bonchev–Trinajstić information content (AvgIpc) is 2.59. The Morgan fingerprint density at radius 2 is 1.78 bits per heavy atom. The molecule has 0 saturated heterocycles. The number of nitrogen functional groups attached to an aromatic ring is 1. The molecule has 0 unspecified atom stereocenters. The Morgan fingerprint density at radius 1 is 1.13 bits per heavy atom. The number of ether oxygens (including phenoxy) is 1. The van der Waals surface area contributed by atoms with Gasteiger partial charge >= 0.3 is 0 Å². The first-order valence-electron chi connectivity index (χ1n) is 7.15. The number of hydrazone groups is 1. The zero-order valence-corrected chi connectivity index (χ0v) is 13.2. The normalized spacial score (nSPS) is 11.0. The predicted molar refractivity (Wildman–Crippen MR) is 92.7 cm³/mol. The zero-order valence-electron chi connectivity index (χ0n) is 13.2. The van der Waals surface area contributed by atoms with Crippen LogP contribution in [0.2, 0.25) is 0 Å². The van der Waals surface area contributed by atoms with E-state index < -0.39 is 0 Å². The molecule has 4 N–H and O–H groups in total. The molecule has 0 aliphatic carbocycles. The molecule has 0 heterocycles. The van der Waals surface area contributed by atoms with E-state index in [1.807, 2.05) is 43.3 Å². The van der Waals surface area contributed by atoms with Crippen LogP contribution >= 0.6 is 0 Å². The molecule has 0 bridgehead atoms. The van der Waals surface area contributed by atoms with Gasteiger partial charge in [-0.1, -0.05) is 12.1 Å². The summed E-state index contributed by atoms with van der Waals surface area (Å²) in [6, 6.07) is 14.6. The Kier molecular flexibility index (Phi) is 5.57. The molecule has 1 amide bonds. The fourth-order valence-corrected chi connectivity index (χ4v) is 1.87. The number of rotatable bonds is 6. The van der Waals surface area contributed by atoms with Gasteiger partial charge in [0.1, 0.15) is 5.75 Å². The van der Waals surface area contributed by atoms with Gasteiger partial charge in [0.2, 0.25) is 0 Å². The molecule has 6 nitrogen and oxygen atoms in total. The van der Waals surface area contributed by atoms with Crippen molar-refractivity contribution in [2.75, 3.05) is 24.7 Å². The number of carbonyl (C=O) groups is 1. The van der Waals surface area contributed by atoms with Crippen molar-refractivity contribution in [3.63, 3.8) is 0 Å². The minimum atomic E-state index is -0.226. The number of nitrogens with one attached hydrogen (secondary N) is 2. The van der Waals surface area contributed by atoms with Crippen molar-refractivity contribution in [2.45, 2.75) is 6.92 Å². The molecule has 0 saturated carbocycles. The molecule has 0 aromatic heterocycles. The summed E-state index contributed by atoms with van der Waals surface area (Å²) in [6.45, 7) is 1.95. The molecule has 0 aliphatic heterocycles. The maximum atomic E-state index is 11.8. The van der Waals surface area contributed by atoms with Crippen molar-refractivity contribution in [3.8, 4) is 5.75 Å². The second-order valence-corrected chi connectivity index (χ2v) is 4.94. The number of nitrogens with zero attached hydrogens (tertiary/aromatic N) is 1. The second kappa shape index (κ2) is 7.84. The molecule has 0 atom stereocenters. The van der Waals surface area contributed by atoms with Gasteiger partial charge in [0, 0.05) is 11.4 Å². The van der Waals surface area contributed by atoms with Crippen LogP contribution in [-0.2, 0) is 4.79 Å². The highest BCUT2D eigenvalue weighted by molar-refractivity contribution is 5.99. The van der Waals surface area contributed by atoms with Gasteiger partial charge in [-0.05, 0) is 48.9 Å². The van der Waals surface area contributed by atoms with Crippen LogP contribution in [-0.4, -0.2) is 25.3 Å². The van der Waals surface area contributed by atoms with Crippen LogP contribution in [0.3, 0.4) is 0 Å². The fourth-order valence-electron chi connectivity index (χ4n) is 1.87. The van der Waals surface area contributed by atoms with Crippen molar-refractivity contribution in [1.29, 1.82) is 0 Å². The fraction of sp³-hybridized carbons (Fsp3) is 0.176. The monoisotopic (exact) mass is 312 g/mol. The Bertz CT molecular complexity index is 679. The summed E-state index contributed by atoms with van der Waals surface area (Å²) in [5, 5.41) is 7.09. The first-order valence-corrected chi connectivity index (χ1v) is 7.15. The highest BCUT2D eigenvalue weighted by Gasteiger charge is 2.02. The van der Waals surface area contributed by atoms with Gasteiger partial charge in [-0.2, -0.15) is 5.10 Å². The van der Waals surface area contributed by atoms with Crippen LogP contribution in [0.1, 0.15) is 12.5 Å². The third-order valence-corrected chi connectivity index (χ3v) is 3.22. The highest BCUT2D eigenvalue weighted by atomic mass is 16.5. The number of carbonyl (C=O) groups excluding carboxylic acids is 1. The van der Waals surface area contributed by atoms with E-state index in [9.17, 15) is 4.79 Å². The number of hydrogen-bond donors (Lipinski definition) is 3. The summed E-state index contributed by atoms with van der Waals surface area (Å²) < 4.78 is 5.08. The Hall–Kier alpha value is -3.02. The molecular weight excluding hydrogens is 292 g/mol. The number of nitrogens with two attached hydrogens (primary N) is 1. The summed E-state index contributed by atoms with van der Waals surface area (Å²) in [7, 11) is 1.61. The smallest absolute Gasteiger partial charge is 0.259 e. The van der Waals surface area contributed by atoms with E-state index >= 15 is 0 Å². The maximum absolute atomic E-state index is 11.8. The standard InChI is InChI=1S/C17H20N4O2/c1-12(13-3-5-14(18)6-4-13)20-21-17(22)11-19-15-7-9-16(23-2)10-8-15/h3-10,19H,11,18H2,1-2H3,(H,21,22)/b20-12+. The molecule has 23 heavy (non-hydrogen) atoms. The molecule has 2 rings (SSSR count). The summed E-state index contributed by atoms with van der Waals surface area (Å²) in [5.74, 6) is 0.541. The van der Waals surface area contributed by atoms with Crippen LogP contribution in [0.5, 0.6) is 5.75 Å². The second-order valence-electron chi connectivity index (χ2n) is 4.94. The first kappa shape index (κ1) is 16.4. The van der Waals surface area contributed by atoms with Crippen LogP contribution in [0.4, 0.5) is 11.4 Å². The van der Waals surface area contributed by atoms with Gasteiger partial charge < -0.3 is 15.8 Å². The molecule has 120 valence electrons. The van der Waals surface area contributed by atoms with E-state index in [4.69, 9.17) is 10.5 Å². The Morgan fingerprint density at radius 3 is 2.39 bits per heavy atom. The average molecular weight is 312 g/mol. The molecule has 0 aliphatic rings. The number of amides is 1. The molecular formula is C17H20N4O2. The number of methoxy groups -OCH3 is 1. The maximum Gasteiger partial charge on any atom is 0.259 e. The van der Waals surface area contributed by atoms with Crippen molar-refractivity contribution in [1.82, 2.24) is 5.43 Å². The first-order chi connectivity index (χ1) is 11.1. The van der Waals surface area contributed by atoms with Gasteiger partial charge in [-0.15, -0.1) is 0 Å². The number of anilines is 2. The largest absolute Gasteiger partial charge is 0.497 e. The van der Waals surface area contributed by atoms with Crippen molar-refractivity contribution in [2.24, 2.45) is 5.10 Å². The molecule has 2 aromatic rings. The van der Waals surface area contributed by atoms with E-state index in [-0.39, 0.29) is 12.5 Å². The van der Waals surface area contributed by atoms with Gasteiger partial charge in [0.25, 0.3) is 5.91 Å². The van der Waals surface area contributed by atoms with Gasteiger partial charge in [0.15, 0.2) is 0 Å². The van der Waals surface area contributed by atoms with E-state index in [2.05, 4.69) is 15.8 Å².